The maximum atomic E-state index is 12.4. The molecule has 0 aromatic heterocycles. The number of carbonyl (C=O) groups is 1. The van der Waals surface area contributed by atoms with Gasteiger partial charge in [0.15, 0.2) is 0 Å². The van der Waals surface area contributed by atoms with Crippen molar-refractivity contribution in [2.45, 2.75) is 58.0 Å². The summed E-state index contributed by atoms with van der Waals surface area (Å²) in [5.41, 5.74) is 0. The van der Waals surface area contributed by atoms with Crippen LogP contribution in [0.4, 0.5) is 0 Å². The molecule has 4 nitrogen and oxygen atoms in total. The highest BCUT2D eigenvalue weighted by Crippen LogP contribution is 2.30. The Morgan fingerprint density at radius 2 is 1.86 bits per heavy atom. The van der Waals surface area contributed by atoms with Crippen molar-refractivity contribution in [1.82, 2.24) is 15.1 Å². The van der Waals surface area contributed by atoms with Gasteiger partial charge in [-0.05, 0) is 38.5 Å². The van der Waals surface area contributed by atoms with Gasteiger partial charge >= 0.3 is 0 Å². The van der Waals surface area contributed by atoms with Crippen LogP contribution in [-0.2, 0) is 4.79 Å². The molecule has 21 heavy (non-hydrogen) atoms. The van der Waals surface area contributed by atoms with Crippen LogP contribution in [0.3, 0.4) is 0 Å². The van der Waals surface area contributed by atoms with E-state index in [1.54, 1.807) is 0 Å². The number of amides is 1. The molecule has 3 aliphatic rings. The minimum absolute atomic E-state index is 0.249. The van der Waals surface area contributed by atoms with Crippen molar-refractivity contribution in [2.75, 3.05) is 32.7 Å². The van der Waals surface area contributed by atoms with Crippen LogP contribution in [0.5, 0.6) is 0 Å². The molecule has 2 heterocycles. The van der Waals surface area contributed by atoms with Crippen LogP contribution in [0.15, 0.2) is 0 Å². The first-order chi connectivity index (χ1) is 10.2. The third-order valence-electron chi connectivity index (χ3n) is 5.98. The van der Waals surface area contributed by atoms with Gasteiger partial charge in [0.2, 0.25) is 5.91 Å². The van der Waals surface area contributed by atoms with Gasteiger partial charge in [-0.3, -0.25) is 9.69 Å². The summed E-state index contributed by atoms with van der Waals surface area (Å²) in [6.07, 6.45) is 6.89. The molecule has 3 rings (SSSR count). The van der Waals surface area contributed by atoms with E-state index < -0.39 is 0 Å². The highest BCUT2D eigenvalue weighted by Gasteiger charge is 2.36. The molecule has 0 unspecified atom stereocenters. The Morgan fingerprint density at radius 3 is 2.38 bits per heavy atom. The Hall–Kier alpha value is -0.610. The van der Waals surface area contributed by atoms with Crippen LogP contribution < -0.4 is 5.32 Å². The predicted molar refractivity (Wildman–Crippen MR) is 85.1 cm³/mol. The summed E-state index contributed by atoms with van der Waals surface area (Å²) in [7, 11) is 0. The summed E-state index contributed by atoms with van der Waals surface area (Å²) < 4.78 is 0. The molecule has 120 valence electrons. The molecule has 0 radical (unpaired) electrons. The fraction of sp³-hybridized carbons (Fsp3) is 0.941. The molecule has 0 bridgehead atoms. The van der Waals surface area contributed by atoms with Gasteiger partial charge in [0, 0.05) is 44.8 Å². The molecule has 0 aromatic carbocycles. The Morgan fingerprint density at radius 1 is 1.14 bits per heavy atom. The van der Waals surface area contributed by atoms with Gasteiger partial charge in [-0.15, -0.1) is 0 Å². The summed E-state index contributed by atoms with van der Waals surface area (Å²) in [5, 5.41) is 3.21. The number of carbonyl (C=O) groups excluding carboxylic acids is 1. The Balaban J connectivity index is 1.50. The van der Waals surface area contributed by atoms with Gasteiger partial charge in [-0.25, -0.2) is 0 Å². The molecular formula is C17H31N3O. The lowest BCUT2D eigenvalue weighted by molar-refractivity contribution is -0.142. The van der Waals surface area contributed by atoms with Crippen molar-refractivity contribution in [3.63, 3.8) is 0 Å². The SMILES string of the molecule is CCC1CCC(N2CCN(C(=O)C3CNC3)[C@@H](C)C2)CC1. The second-order valence-corrected chi connectivity index (χ2v) is 7.31. The Bertz CT molecular complexity index is 361. The second-order valence-electron chi connectivity index (χ2n) is 7.31. The highest BCUT2D eigenvalue weighted by molar-refractivity contribution is 5.80. The average molecular weight is 293 g/mol. The largest absolute Gasteiger partial charge is 0.337 e. The van der Waals surface area contributed by atoms with E-state index in [4.69, 9.17) is 0 Å². The summed E-state index contributed by atoms with van der Waals surface area (Å²) in [5.74, 6) is 1.60. The average Bonchev–Trinajstić information content (AvgIpc) is 2.45. The van der Waals surface area contributed by atoms with E-state index in [-0.39, 0.29) is 5.92 Å². The highest BCUT2D eigenvalue weighted by atomic mass is 16.2. The fourth-order valence-corrected chi connectivity index (χ4v) is 4.26. The van der Waals surface area contributed by atoms with E-state index >= 15 is 0 Å². The van der Waals surface area contributed by atoms with E-state index in [2.05, 4.69) is 29.0 Å². The third-order valence-corrected chi connectivity index (χ3v) is 5.98. The number of nitrogens with zero attached hydrogens (tertiary/aromatic N) is 2. The number of hydrogen-bond donors (Lipinski definition) is 1. The minimum Gasteiger partial charge on any atom is -0.337 e. The summed E-state index contributed by atoms with van der Waals surface area (Å²) in [4.78, 5) is 17.2. The molecule has 1 N–H and O–H groups in total. The molecule has 2 aliphatic heterocycles. The second kappa shape index (κ2) is 6.66. The van der Waals surface area contributed by atoms with Crippen molar-refractivity contribution >= 4 is 5.91 Å². The van der Waals surface area contributed by atoms with Crippen LogP contribution in [0.1, 0.15) is 46.0 Å². The molecule has 1 atom stereocenters. The molecule has 2 saturated heterocycles. The molecular weight excluding hydrogens is 262 g/mol. The molecule has 3 fully saturated rings. The first-order valence-corrected chi connectivity index (χ1v) is 8.94. The normalized spacial score (nSPS) is 35.5. The zero-order valence-corrected chi connectivity index (χ0v) is 13.7. The standard InChI is InChI=1S/C17H31N3O/c1-3-14-4-6-16(7-5-14)19-8-9-20(13(2)12-19)17(21)15-10-18-11-15/h13-16,18H,3-12H2,1-2H3/t13-,14?,16?/m0/s1. The van der Waals surface area contributed by atoms with Gasteiger partial charge in [-0.1, -0.05) is 13.3 Å². The summed E-state index contributed by atoms with van der Waals surface area (Å²) in [6, 6.07) is 1.16. The molecule has 4 heteroatoms. The van der Waals surface area contributed by atoms with E-state index in [1.165, 1.54) is 32.1 Å². The molecule has 0 aromatic rings. The van der Waals surface area contributed by atoms with E-state index in [1.807, 2.05) is 0 Å². The fourth-order valence-electron chi connectivity index (χ4n) is 4.26. The zero-order valence-electron chi connectivity index (χ0n) is 13.7. The lowest BCUT2D eigenvalue weighted by Crippen LogP contribution is -2.61. The van der Waals surface area contributed by atoms with E-state index in [0.717, 1.165) is 44.7 Å². The van der Waals surface area contributed by atoms with Crippen LogP contribution >= 0.6 is 0 Å². The van der Waals surface area contributed by atoms with Crippen LogP contribution in [0.25, 0.3) is 0 Å². The maximum absolute atomic E-state index is 12.4. The molecule has 1 saturated carbocycles. The summed E-state index contributed by atoms with van der Waals surface area (Å²) >= 11 is 0. The smallest absolute Gasteiger partial charge is 0.228 e. The van der Waals surface area contributed by atoms with Gasteiger partial charge in [0.05, 0.1) is 5.92 Å². The number of rotatable bonds is 3. The quantitative estimate of drug-likeness (QED) is 0.860. The molecule has 0 spiro atoms. The van der Waals surface area contributed by atoms with Gasteiger partial charge in [0.1, 0.15) is 0 Å². The minimum atomic E-state index is 0.249. The lowest BCUT2D eigenvalue weighted by atomic mass is 9.83. The lowest BCUT2D eigenvalue weighted by Gasteiger charge is -2.46. The third kappa shape index (κ3) is 3.26. The molecule has 1 amide bonds. The van der Waals surface area contributed by atoms with Crippen LogP contribution in [0, 0.1) is 11.8 Å². The first kappa shape index (κ1) is 15.3. The van der Waals surface area contributed by atoms with Crippen molar-refractivity contribution in [1.29, 1.82) is 0 Å². The number of hydrogen-bond acceptors (Lipinski definition) is 3. The van der Waals surface area contributed by atoms with Gasteiger partial charge in [-0.2, -0.15) is 0 Å². The van der Waals surface area contributed by atoms with Gasteiger partial charge < -0.3 is 10.2 Å². The van der Waals surface area contributed by atoms with Crippen molar-refractivity contribution in [2.24, 2.45) is 11.8 Å². The van der Waals surface area contributed by atoms with E-state index in [9.17, 15) is 4.79 Å². The summed E-state index contributed by atoms with van der Waals surface area (Å²) in [6.45, 7) is 9.41. The monoisotopic (exact) mass is 293 g/mol. The van der Waals surface area contributed by atoms with Crippen LogP contribution in [0.2, 0.25) is 0 Å². The van der Waals surface area contributed by atoms with Crippen LogP contribution in [-0.4, -0.2) is 60.5 Å². The van der Waals surface area contributed by atoms with Crippen molar-refractivity contribution < 1.29 is 4.79 Å². The van der Waals surface area contributed by atoms with E-state index in [0.29, 0.717) is 11.9 Å². The van der Waals surface area contributed by atoms with Crippen molar-refractivity contribution in [3.05, 3.63) is 0 Å². The predicted octanol–water partition coefficient (Wildman–Crippen LogP) is 1.71. The first-order valence-electron chi connectivity index (χ1n) is 8.94. The number of piperazine rings is 1. The topological polar surface area (TPSA) is 35.6 Å². The zero-order chi connectivity index (χ0) is 14.8. The molecule has 1 aliphatic carbocycles. The number of nitrogens with one attached hydrogen (secondary N) is 1. The Labute approximate surface area is 129 Å². The van der Waals surface area contributed by atoms with Gasteiger partial charge in [0.25, 0.3) is 0 Å². The van der Waals surface area contributed by atoms with Crippen molar-refractivity contribution in [3.8, 4) is 0 Å². The Kier molecular flexibility index (Phi) is 4.85. The maximum Gasteiger partial charge on any atom is 0.228 e.